The zero-order valence-corrected chi connectivity index (χ0v) is 22.6. The molecule has 0 spiro atoms. The number of nitrogens with one attached hydrogen (secondary N) is 2. The third kappa shape index (κ3) is 5.63. The highest BCUT2D eigenvalue weighted by Gasteiger charge is 2.22. The summed E-state index contributed by atoms with van der Waals surface area (Å²) in [7, 11) is -3.98. The zero-order chi connectivity index (χ0) is 30.2. The number of nitrogen functional groups attached to an aromatic ring is 1. The van der Waals surface area contributed by atoms with E-state index in [1.54, 1.807) is 6.92 Å². The fourth-order valence-corrected chi connectivity index (χ4v) is 5.25. The first-order valence-corrected chi connectivity index (χ1v) is 14.0. The standard InChI is InChI=1S/C27H22F4N6O4S/c1-14-8-24(41-23-5-2-4-17(29)25(23)31)33-13-22(14)37-27(32)16(12-34-37)26(38)21-10-15-9-18(30)20(11-19(15)35-21)36-42(39,40)7-3-6-28/h2,4-5,8-13,35-36H,3,6-7,32H2,1H3. The normalized spacial score (nSPS) is 11.6. The van der Waals surface area contributed by atoms with E-state index in [2.05, 4.69) is 19.8 Å². The van der Waals surface area contributed by atoms with Gasteiger partial charge in [-0.3, -0.25) is 13.9 Å². The third-order valence-corrected chi connectivity index (χ3v) is 7.59. The average molecular weight is 603 g/mol. The highest BCUT2D eigenvalue weighted by atomic mass is 32.2. The van der Waals surface area contributed by atoms with Crippen molar-refractivity contribution in [1.82, 2.24) is 19.7 Å². The molecule has 42 heavy (non-hydrogen) atoms. The van der Waals surface area contributed by atoms with Crippen molar-refractivity contribution in [3.8, 4) is 17.3 Å². The Labute approximate surface area is 236 Å². The number of benzene rings is 2. The minimum atomic E-state index is -3.98. The maximum atomic E-state index is 14.6. The Morgan fingerprint density at radius 2 is 1.90 bits per heavy atom. The van der Waals surface area contributed by atoms with Gasteiger partial charge < -0.3 is 15.5 Å². The molecule has 0 atom stereocenters. The molecule has 10 nitrogen and oxygen atoms in total. The first-order chi connectivity index (χ1) is 20.0. The summed E-state index contributed by atoms with van der Waals surface area (Å²) >= 11 is 0. The van der Waals surface area contributed by atoms with Crippen LogP contribution in [0.4, 0.5) is 29.1 Å². The highest BCUT2D eigenvalue weighted by molar-refractivity contribution is 7.92. The van der Waals surface area contributed by atoms with Crippen molar-refractivity contribution in [3.63, 3.8) is 0 Å². The van der Waals surface area contributed by atoms with Crippen molar-refractivity contribution in [2.24, 2.45) is 0 Å². The Morgan fingerprint density at radius 1 is 1.12 bits per heavy atom. The summed E-state index contributed by atoms with van der Waals surface area (Å²) in [6.07, 6.45) is 2.33. The lowest BCUT2D eigenvalue weighted by atomic mass is 10.1. The smallest absolute Gasteiger partial charge is 0.232 e. The number of H-pyrrole nitrogens is 1. The van der Waals surface area contributed by atoms with Gasteiger partial charge in [-0.25, -0.2) is 26.9 Å². The largest absolute Gasteiger partial charge is 0.436 e. The van der Waals surface area contributed by atoms with Gasteiger partial charge in [0.15, 0.2) is 11.6 Å². The van der Waals surface area contributed by atoms with Gasteiger partial charge in [0.05, 0.1) is 47.5 Å². The number of aryl methyl sites for hydroxylation is 1. The summed E-state index contributed by atoms with van der Waals surface area (Å²) in [6.45, 7) is 0.835. The number of carbonyl (C=O) groups is 1. The van der Waals surface area contributed by atoms with E-state index in [0.29, 0.717) is 16.6 Å². The third-order valence-electron chi connectivity index (χ3n) is 6.23. The number of pyridine rings is 1. The van der Waals surface area contributed by atoms with E-state index in [1.807, 2.05) is 0 Å². The van der Waals surface area contributed by atoms with Crippen molar-refractivity contribution < 1.29 is 35.5 Å². The van der Waals surface area contributed by atoms with E-state index in [4.69, 9.17) is 10.5 Å². The molecule has 0 aliphatic rings. The van der Waals surface area contributed by atoms with Crippen LogP contribution in [-0.4, -0.2) is 46.4 Å². The number of rotatable bonds is 10. The van der Waals surface area contributed by atoms with Crippen LogP contribution >= 0.6 is 0 Å². The number of nitrogens with zero attached hydrogens (tertiary/aromatic N) is 3. The Kier molecular flexibility index (Phi) is 7.60. The molecule has 0 bridgehead atoms. The number of ketones is 1. The number of sulfonamides is 1. The van der Waals surface area contributed by atoms with Crippen LogP contribution in [0.2, 0.25) is 0 Å². The predicted octanol–water partition coefficient (Wildman–Crippen LogP) is 5.18. The van der Waals surface area contributed by atoms with Crippen LogP contribution < -0.4 is 15.2 Å². The van der Waals surface area contributed by atoms with Gasteiger partial charge in [0.2, 0.25) is 27.5 Å². The molecule has 0 fully saturated rings. The van der Waals surface area contributed by atoms with Crippen molar-refractivity contribution in [2.75, 3.05) is 22.9 Å². The number of hydrogen-bond donors (Lipinski definition) is 3. The number of alkyl halides is 1. The number of aromatic amines is 1. The lowest BCUT2D eigenvalue weighted by molar-refractivity contribution is 0.103. The second-order valence-corrected chi connectivity index (χ2v) is 11.1. The molecule has 0 unspecified atom stereocenters. The first-order valence-electron chi connectivity index (χ1n) is 12.3. The molecule has 2 aromatic carbocycles. The van der Waals surface area contributed by atoms with Crippen LogP contribution in [0, 0.1) is 24.4 Å². The number of aromatic nitrogens is 4. The molecule has 0 aliphatic carbocycles. The molecule has 3 aromatic heterocycles. The Morgan fingerprint density at radius 3 is 2.64 bits per heavy atom. The topological polar surface area (TPSA) is 145 Å². The van der Waals surface area contributed by atoms with Gasteiger partial charge in [0, 0.05) is 17.0 Å². The van der Waals surface area contributed by atoms with E-state index >= 15 is 0 Å². The maximum Gasteiger partial charge on any atom is 0.232 e. The molecule has 0 radical (unpaired) electrons. The van der Waals surface area contributed by atoms with Crippen LogP contribution in [0.3, 0.4) is 0 Å². The first kappa shape index (κ1) is 28.6. The molecular formula is C27H22F4N6O4S. The van der Waals surface area contributed by atoms with E-state index in [1.165, 1.54) is 47.4 Å². The van der Waals surface area contributed by atoms with Crippen LogP contribution in [0.15, 0.2) is 54.9 Å². The molecule has 0 saturated heterocycles. The molecule has 4 N–H and O–H groups in total. The Balaban J connectivity index is 1.39. The molecule has 3 heterocycles. The minimum absolute atomic E-state index is 0.00994. The summed E-state index contributed by atoms with van der Waals surface area (Å²) < 4.78 is 87.3. The average Bonchev–Trinajstić information content (AvgIpc) is 3.53. The number of ether oxygens (including phenoxy) is 1. The molecule has 0 amide bonds. The molecule has 0 aliphatic heterocycles. The molecule has 218 valence electrons. The van der Waals surface area contributed by atoms with E-state index in [0.717, 1.165) is 12.1 Å². The van der Waals surface area contributed by atoms with Gasteiger partial charge >= 0.3 is 0 Å². The van der Waals surface area contributed by atoms with E-state index in [-0.39, 0.29) is 46.3 Å². The summed E-state index contributed by atoms with van der Waals surface area (Å²) in [4.78, 5) is 20.2. The minimum Gasteiger partial charge on any atom is -0.436 e. The van der Waals surface area contributed by atoms with Crippen LogP contribution in [0.5, 0.6) is 11.6 Å². The van der Waals surface area contributed by atoms with Gasteiger partial charge in [0.25, 0.3) is 0 Å². The van der Waals surface area contributed by atoms with Gasteiger partial charge in [-0.2, -0.15) is 9.49 Å². The number of carbonyl (C=O) groups excluding carboxylic acids is 1. The van der Waals surface area contributed by atoms with Crippen molar-refractivity contribution in [3.05, 3.63) is 89.1 Å². The molecule has 5 rings (SSSR count). The van der Waals surface area contributed by atoms with Crippen molar-refractivity contribution in [1.29, 1.82) is 0 Å². The van der Waals surface area contributed by atoms with Gasteiger partial charge in [0.1, 0.15) is 11.6 Å². The van der Waals surface area contributed by atoms with E-state index < -0.39 is 45.7 Å². The molecule has 15 heteroatoms. The summed E-state index contributed by atoms with van der Waals surface area (Å²) in [6, 6.07) is 8.57. The number of fused-ring (bicyclic) bond motifs is 1. The second-order valence-electron chi connectivity index (χ2n) is 9.21. The quantitative estimate of drug-likeness (QED) is 0.148. The number of halogens is 4. The zero-order valence-electron chi connectivity index (χ0n) is 21.8. The fourth-order valence-electron chi connectivity index (χ4n) is 4.16. The van der Waals surface area contributed by atoms with Gasteiger partial charge in [-0.1, -0.05) is 6.07 Å². The molecular weight excluding hydrogens is 580 g/mol. The number of hydrogen-bond acceptors (Lipinski definition) is 7. The van der Waals surface area contributed by atoms with E-state index in [9.17, 15) is 30.8 Å². The monoisotopic (exact) mass is 602 g/mol. The Hall–Kier alpha value is -4.92. The summed E-state index contributed by atoms with van der Waals surface area (Å²) in [5.74, 6) is -4.61. The lowest BCUT2D eigenvalue weighted by Gasteiger charge is -2.11. The van der Waals surface area contributed by atoms with Crippen molar-refractivity contribution in [2.45, 2.75) is 13.3 Å². The van der Waals surface area contributed by atoms with Crippen LogP contribution in [-0.2, 0) is 10.0 Å². The van der Waals surface area contributed by atoms with Crippen LogP contribution in [0.25, 0.3) is 16.6 Å². The SMILES string of the molecule is Cc1cc(Oc2cccc(F)c2F)ncc1-n1ncc(C(=O)c2cc3cc(F)c(NS(=O)(=O)CCCF)cc3[nH]2)c1N. The summed E-state index contributed by atoms with van der Waals surface area (Å²) in [5, 5.41) is 4.47. The van der Waals surface area contributed by atoms with Gasteiger partial charge in [-0.15, -0.1) is 0 Å². The predicted molar refractivity (Wildman–Crippen MR) is 147 cm³/mol. The Bertz CT molecular complexity index is 1940. The maximum absolute atomic E-state index is 14.6. The van der Waals surface area contributed by atoms with Crippen LogP contribution in [0.1, 0.15) is 28.0 Å². The molecule has 0 saturated carbocycles. The second kappa shape index (κ2) is 11.2. The lowest BCUT2D eigenvalue weighted by Crippen LogP contribution is -2.17. The van der Waals surface area contributed by atoms with Crippen molar-refractivity contribution >= 4 is 38.2 Å². The number of nitrogens with two attached hydrogens (primary N) is 1. The fraction of sp³-hybridized carbons (Fsp3) is 0.148. The molecule has 5 aromatic rings. The van der Waals surface area contributed by atoms with Gasteiger partial charge in [-0.05, 0) is 49.2 Å². The summed E-state index contributed by atoms with van der Waals surface area (Å²) in [5.41, 5.74) is 7.10. The highest BCUT2D eigenvalue weighted by Crippen LogP contribution is 2.29. The number of anilines is 2.